The second-order valence-corrected chi connectivity index (χ2v) is 9.64. The van der Waals surface area contributed by atoms with E-state index in [2.05, 4.69) is 36.7 Å². The number of hydrogen-bond acceptors (Lipinski definition) is 8. The molecule has 0 unspecified atom stereocenters. The zero-order valence-corrected chi connectivity index (χ0v) is 18.5. The van der Waals surface area contributed by atoms with E-state index < -0.39 is 10.0 Å². The van der Waals surface area contributed by atoms with E-state index in [1.165, 1.54) is 24.5 Å². The van der Waals surface area contributed by atoms with E-state index in [1.54, 1.807) is 12.1 Å². The van der Waals surface area contributed by atoms with Crippen molar-refractivity contribution >= 4 is 31.7 Å². The lowest BCUT2D eigenvalue weighted by molar-refractivity contribution is 0.300. The molecule has 0 aliphatic heterocycles. The van der Waals surface area contributed by atoms with Crippen molar-refractivity contribution < 1.29 is 22.6 Å². The van der Waals surface area contributed by atoms with Crippen LogP contribution in [0.1, 0.15) is 23.4 Å². The number of aryl methyl sites for hydroxylation is 1. The fourth-order valence-electron chi connectivity index (χ4n) is 2.49. The maximum absolute atomic E-state index is 13.4. The summed E-state index contributed by atoms with van der Waals surface area (Å²) in [5, 5.41) is 23.4. The van der Waals surface area contributed by atoms with Gasteiger partial charge in [0.1, 0.15) is 17.2 Å². The van der Waals surface area contributed by atoms with Crippen LogP contribution in [0.5, 0.6) is 0 Å². The smallest absolute Gasteiger partial charge is 0.214 e. The normalized spacial score (nSPS) is 12.7. The zero-order valence-electron chi connectivity index (χ0n) is 16.1. The Morgan fingerprint density at radius 1 is 1.34 bits per heavy atom. The number of hydrogen-bond donors (Lipinski definition) is 2. The largest absolute Gasteiger partial charge is 0.411 e. The molecule has 0 radical (unpaired) electrons. The Morgan fingerprint density at radius 2 is 2.10 bits per heavy atom. The summed E-state index contributed by atoms with van der Waals surface area (Å²) in [4.78, 5) is 0. The van der Waals surface area contributed by atoms with Gasteiger partial charge in [0.15, 0.2) is 5.69 Å². The first-order chi connectivity index (χ1) is 13.7. The Kier molecular flexibility index (Phi) is 8.68. The number of oxime groups is 1. The van der Waals surface area contributed by atoms with Crippen molar-refractivity contribution in [3.05, 3.63) is 45.4 Å². The minimum absolute atomic E-state index is 0.0192. The van der Waals surface area contributed by atoms with Crippen LogP contribution < -0.4 is 5.32 Å². The highest BCUT2D eigenvalue weighted by Gasteiger charge is 2.18. The Bertz CT molecular complexity index is 949. The summed E-state index contributed by atoms with van der Waals surface area (Å²) in [7, 11) is -0.224. The lowest BCUT2D eigenvalue weighted by Crippen LogP contribution is -2.31. The SMILES string of the molecule is CN(C)S(=O)(=O)CCNCCCc1nonc1/C(Cc1ccc(F)c(Br)c1)=N/O. The minimum atomic E-state index is -3.22. The van der Waals surface area contributed by atoms with Gasteiger partial charge in [0.2, 0.25) is 10.0 Å². The van der Waals surface area contributed by atoms with Gasteiger partial charge in [-0.05, 0) is 58.2 Å². The van der Waals surface area contributed by atoms with E-state index in [-0.39, 0.29) is 23.7 Å². The Balaban J connectivity index is 1.88. The van der Waals surface area contributed by atoms with E-state index in [4.69, 9.17) is 4.63 Å². The Morgan fingerprint density at radius 3 is 2.76 bits per heavy atom. The van der Waals surface area contributed by atoms with Crippen molar-refractivity contribution in [2.24, 2.45) is 5.16 Å². The predicted molar refractivity (Wildman–Crippen MR) is 109 cm³/mol. The third kappa shape index (κ3) is 6.84. The molecule has 0 atom stereocenters. The van der Waals surface area contributed by atoms with Gasteiger partial charge >= 0.3 is 0 Å². The van der Waals surface area contributed by atoms with Gasteiger partial charge in [-0.2, -0.15) is 0 Å². The minimum Gasteiger partial charge on any atom is -0.411 e. The molecule has 12 heteroatoms. The molecule has 0 aliphatic carbocycles. The summed E-state index contributed by atoms with van der Waals surface area (Å²) in [6.07, 6.45) is 1.37. The van der Waals surface area contributed by atoms with Crippen LogP contribution in [0.25, 0.3) is 0 Å². The van der Waals surface area contributed by atoms with E-state index in [9.17, 15) is 18.0 Å². The molecular weight excluding hydrogens is 469 g/mol. The van der Waals surface area contributed by atoms with Crippen molar-refractivity contribution in [1.29, 1.82) is 0 Å². The fraction of sp³-hybridized carbons (Fsp3) is 0.471. The van der Waals surface area contributed by atoms with Gasteiger partial charge in [-0.15, -0.1) is 0 Å². The van der Waals surface area contributed by atoms with Crippen molar-refractivity contribution in [1.82, 2.24) is 19.9 Å². The number of rotatable bonds is 11. The average molecular weight is 492 g/mol. The first-order valence-electron chi connectivity index (χ1n) is 8.82. The van der Waals surface area contributed by atoms with Gasteiger partial charge in [-0.25, -0.2) is 21.7 Å². The van der Waals surface area contributed by atoms with Gasteiger partial charge in [-0.3, -0.25) is 0 Å². The molecule has 1 aromatic heterocycles. The molecule has 0 fully saturated rings. The lowest BCUT2D eigenvalue weighted by atomic mass is 10.0. The molecule has 2 aromatic rings. The summed E-state index contributed by atoms with van der Waals surface area (Å²) in [5.74, 6) is -0.364. The molecule has 0 aliphatic rings. The molecule has 2 N–H and O–H groups in total. The number of nitrogens with one attached hydrogen (secondary N) is 1. The highest BCUT2D eigenvalue weighted by molar-refractivity contribution is 9.10. The van der Waals surface area contributed by atoms with Crippen LogP contribution in [-0.2, 0) is 22.9 Å². The molecular formula is C17H23BrFN5O4S. The summed E-state index contributed by atoms with van der Waals surface area (Å²) in [5.41, 5.74) is 1.85. The summed E-state index contributed by atoms with van der Waals surface area (Å²) < 4.78 is 43.1. The molecule has 160 valence electrons. The van der Waals surface area contributed by atoms with Crippen molar-refractivity contribution in [2.45, 2.75) is 19.3 Å². The zero-order chi connectivity index (χ0) is 21.4. The van der Waals surface area contributed by atoms with E-state index >= 15 is 0 Å². The van der Waals surface area contributed by atoms with Crippen LogP contribution >= 0.6 is 15.9 Å². The number of halogens is 2. The standard InChI is InChI=1S/C17H23BrFN5O4S/c1-24(2)29(26,27)9-8-20-7-3-4-15-17(23-28-22-15)16(21-25)11-12-5-6-14(19)13(18)10-12/h5-6,10,20,25H,3-4,7-9,11H2,1-2H3/b21-16+. The molecule has 1 heterocycles. The third-order valence-electron chi connectivity index (χ3n) is 4.17. The Labute approximate surface area is 177 Å². The van der Waals surface area contributed by atoms with Gasteiger partial charge in [0.25, 0.3) is 0 Å². The van der Waals surface area contributed by atoms with E-state index in [0.717, 1.165) is 5.56 Å². The van der Waals surface area contributed by atoms with Crippen molar-refractivity contribution in [3.8, 4) is 0 Å². The van der Waals surface area contributed by atoms with E-state index in [0.29, 0.717) is 41.8 Å². The first kappa shape index (κ1) is 23.4. The lowest BCUT2D eigenvalue weighted by Gasteiger charge is -2.11. The summed E-state index contributed by atoms with van der Waals surface area (Å²) in [6, 6.07) is 4.50. The van der Waals surface area contributed by atoms with Gasteiger partial charge < -0.3 is 10.5 Å². The number of nitrogens with zero attached hydrogens (tertiary/aromatic N) is 4. The molecule has 29 heavy (non-hydrogen) atoms. The molecule has 0 amide bonds. The molecule has 0 spiro atoms. The van der Waals surface area contributed by atoms with E-state index in [1.807, 2.05) is 0 Å². The van der Waals surface area contributed by atoms with Crippen LogP contribution in [0.2, 0.25) is 0 Å². The van der Waals surface area contributed by atoms with Gasteiger partial charge in [0.05, 0.1) is 10.2 Å². The van der Waals surface area contributed by atoms with Crippen LogP contribution in [0.3, 0.4) is 0 Å². The fourth-order valence-corrected chi connectivity index (χ4v) is 3.68. The topological polar surface area (TPSA) is 121 Å². The van der Waals surface area contributed by atoms with Crippen molar-refractivity contribution in [3.63, 3.8) is 0 Å². The Hall–Kier alpha value is -1.89. The monoisotopic (exact) mass is 491 g/mol. The molecule has 0 saturated carbocycles. The van der Waals surface area contributed by atoms with Crippen LogP contribution in [-0.4, -0.2) is 66.9 Å². The van der Waals surface area contributed by atoms with Crippen LogP contribution in [0, 0.1) is 5.82 Å². The number of benzene rings is 1. The second-order valence-electron chi connectivity index (χ2n) is 6.48. The summed E-state index contributed by atoms with van der Waals surface area (Å²) in [6.45, 7) is 0.916. The summed E-state index contributed by atoms with van der Waals surface area (Å²) >= 11 is 3.12. The second kappa shape index (κ2) is 10.8. The van der Waals surface area contributed by atoms with Gasteiger partial charge in [-0.1, -0.05) is 16.4 Å². The first-order valence-corrected chi connectivity index (χ1v) is 11.2. The molecule has 0 saturated heterocycles. The van der Waals surface area contributed by atoms with Gasteiger partial charge in [0, 0.05) is 27.1 Å². The molecule has 0 bridgehead atoms. The van der Waals surface area contributed by atoms with Crippen molar-refractivity contribution in [2.75, 3.05) is 32.9 Å². The molecule has 2 rings (SSSR count). The maximum atomic E-state index is 13.4. The third-order valence-corrected chi connectivity index (χ3v) is 6.61. The number of sulfonamides is 1. The average Bonchev–Trinajstić information content (AvgIpc) is 3.13. The molecule has 1 aromatic carbocycles. The number of aromatic nitrogens is 2. The van der Waals surface area contributed by atoms with Crippen LogP contribution in [0.15, 0.2) is 32.5 Å². The predicted octanol–water partition coefficient (Wildman–Crippen LogP) is 1.81. The highest BCUT2D eigenvalue weighted by atomic mass is 79.9. The quantitative estimate of drug-likeness (QED) is 0.212. The molecule has 9 nitrogen and oxygen atoms in total. The van der Waals surface area contributed by atoms with Crippen LogP contribution in [0.4, 0.5) is 4.39 Å². The maximum Gasteiger partial charge on any atom is 0.214 e. The highest BCUT2D eigenvalue weighted by Crippen LogP contribution is 2.19.